The summed E-state index contributed by atoms with van der Waals surface area (Å²) in [5.41, 5.74) is 1.45. The van der Waals surface area contributed by atoms with Gasteiger partial charge in [0.15, 0.2) is 0 Å². The van der Waals surface area contributed by atoms with Crippen LogP contribution in [0.15, 0.2) is 30.3 Å². The van der Waals surface area contributed by atoms with Gasteiger partial charge in [0.25, 0.3) is 0 Å². The molecule has 1 saturated carbocycles. The van der Waals surface area contributed by atoms with Crippen LogP contribution in [0.4, 0.5) is 0 Å². The molecule has 4 atom stereocenters. The van der Waals surface area contributed by atoms with Crippen LogP contribution in [0, 0.1) is 0 Å². The van der Waals surface area contributed by atoms with Crippen molar-refractivity contribution in [3.8, 4) is 0 Å². The van der Waals surface area contributed by atoms with E-state index in [0.29, 0.717) is 18.0 Å². The number of aliphatic hydroxyl groups excluding tert-OH is 1. The van der Waals surface area contributed by atoms with Gasteiger partial charge in [-0.15, -0.1) is 0 Å². The highest BCUT2D eigenvalue weighted by Gasteiger charge is 2.37. The molecule has 1 saturated heterocycles. The predicted octanol–water partition coefficient (Wildman–Crippen LogP) is 3.17. The Kier molecular flexibility index (Phi) is 3.90. The summed E-state index contributed by atoms with van der Waals surface area (Å²) in [5.74, 6) is 0.627. The number of aliphatic hydroxyl groups is 1. The Balaban J connectivity index is 1.74. The summed E-state index contributed by atoms with van der Waals surface area (Å²) in [6.45, 7) is 3.48. The maximum Gasteiger partial charge on any atom is 0.0695 e. The lowest BCUT2D eigenvalue weighted by Gasteiger charge is -2.41. The van der Waals surface area contributed by atoms with Crippen molar-refractivity contribution in [2.24, 2.45) is 0 Å². The first kappa shape index (κ1) is 13.1. The Morgan fingerprint density at radius 3 is 2.58 bits per heavy atom. The summed E-state index contributed by atoms with van der Waals surface area (Å²) in [5, 5.41) is 10.4. The first-order valence-electron chi connectivity index (χ1n) is 7.74. The Bertz CT molecular complexity index is 405. The topological polar surface area (TPSA) is 23.5 Å². The number of rotatable bonds is 2. The average molecular weight is 259 g/mol. The highest BCUT2D eigenvalue weighted by molar-refractivity contribution is 5.20. The fraction of sp³-hybridized carbons (Fsp3) is 0.647. The molecule has 1 aromatic carbocycles. The van der Waals surface area contributed by atoms with E-state index in [1.807, 2.05) is 0 Å². The van der Waals surface area contributed by atoms with Crippen molar-refractivity contribution in [3.05, 3.63) is 35.9 Å². The van der Waals surface area contributed by atoms with Crippen LogP contribution < -0.4 is 0 Å². The molecule has 3 rings (SSSR count). The molecule has 0 aromatic heterocycles. The minimum Gasteiger partial charge on any atom is -0.391 e. The van der Waals surface area contributed by atoms with Gasteiger partial charge in [0.05, 0.1) is 6.10 Å². The molecule has 0 bridgehead atoms. The van der Waals surface area contributed by atoms with E-state index in [4.69, 9.17) is 0 Å². The molecule has 1 aromatic rings. The molecular weight excluding hydrogens is 234 g/mol. The molecular formula is C17H25NO. The Labute approximate surface area is 116 Å². The maximum atomic E-state index is 10.4. The van der Waals surface area contributed by atoms with Gasteiger partial charge in [0.1, 0.15) is 0 Å². The van der Waals surface area contributed by atoms with E-state index in [1.165, 1.54) is 24.9 Å². The lowest BCUT2D eigenvalue weighted by Crippen LogP contribution is -2.48. The van der Waals surface area contributed by atoms with Crippen LogP contribution in [0.2, 0.25) is 0 Å². The highest BCUT2D eigenvalue weighted by atomic mass is 16.3. The van der Waals surface area contributed by atoms with Crippen LogP contribution in [-0.4, -0.2) is 34.7 Å². The highest BCUT2D eigenvalue weighted by Crippen LogP contribution is 2.37. The van der Waals surface area contributed by atoms with E-state index in [2.05, 4.69) is 42.2 Å². The first-order valence-corrected chi connectivity index (χ1v) is 7.74. The second-order valence-electron chi connectivity index (χ2n) is 6.28. The van der Waals surface area contributed by atoms with Crippen molar-refractivity contribution >= 4 is 0 Å². The van der Waals surface area contributed by atoms with Gasteiger partial charge in [-0.1, -0.05) is 30.3 Å². The predicted molar refractivity (Wildman–Crippen MR) is 78.2 cm³/mol. The van der Waals surface area contributed by atoms with E-state index < -0.39 is 0 Å². The van der Waals surface area contributed by atoms with Crippen LogP contribution in [0.5, 0.6) is 0 Å². The van der Waals surface area contributed by atoms with Crippen LogP contribution in [0.3, 0.4) is 0 Å². The number of benzene rings is 1. The third kappa shape index (κ3) is 2.70. The van der Waals surface area contributed by atoms with Gasteiger partial charge in [-0.25, -0.2) is 0 Å². The monoisotopic (exact) mass is 259 g/mol. The van der Waals surface area contributed by atoms with Gasteiger partial charge in [0.2, 0.25) is 0 Å². The van der Waals surface area contributed by atoms with Crippen LogP contribution in [-0.2, 0) is 0 Å². The van der Waals surface area contributed by atoms with Gasteiger partial charge in [0, 0.05) is 12.1 Å². The quantitative estimate of drug-likeness (QED) is 0.882. The number of hydrogen-bond donors (Lipinski definition) is 1. The Morgan fingerprint density at radius 1 is 1.11 bits per heavy atom. The largest absolute Gasteiger partial charge is 0.391 e. The molecule has 1 aliphatic carbocycles. The smallest absolute Gasteiger partial charge is 0.0695 e. The first-order chi connectivity index (χ1) is 9.25. The van der Waals surface area contributed by atoms with E-state index in [-0.39, 0.29) is 6.10 Å². The van der Waals surface area contributed by atoms with Crippen LogP contribution in [0.25, 0.3) is 0 Å². The third-order valence-electron chi connectivity index (χ3n) is 5.08. The van der Waals surface area contributed by atoms with E-state index in [0.717, 1.165) is 19.3 Å². The van der Waals surface area contributed by atoms with Crippen molar-refractivity contribution in [2.45, 2.75) is 63.1 Å². The van der Waals surface area contributed by atoms with E-state index in [9.17, 15) is 5.11 Å². The number of hydrogen-bond acceptors (Lipinski definition) is 2. The Hall–Kier alpha value is -0.860. The molecule has 104 valence electrons. The lowest BCUT2D eigenvalue weighted by molar-refractivity contribution is 0.0104. The van der Waals surface area contributed by atoms with E-state index >= 15 is 0 Å². The molecule has 19 heavy (non-hydrogen) atoms. The fourth-order valence-corrected chi connectivity index (χ4v) is 3.96. The standard InChI is InChI=1S/C17H25NO/c1-13-6-5-11-18(13)16-12-15(9-10-17(16)19)14-7-3-2-4-8-14/h2-4,7-8,13,15-17,19H,5-6,9-12H2,1H3. The summed E-state index contributed by atoms with van der Waals surface area (Å²) >= 11 is 0. The van der Waals surface area contributed by atoms with Crippen LogP contribution >= 0.6 is 0 Å². The van der Waals surface area contributed by atoms with Crippen LogP contribution in [0.1, 0.15) is 50.5 Å². The molecule has 1 aliphatic heterocycles. The SMILES string of the molecule is CC1CCCN1C1CC(c2ccccc2)CCC1O. The minimum atomic E-state index is -0.125. The van der Waals surface area contributed by atoms with Crippen molar-refractivity contribution in [1.82, 2.24) is 4.90 Å². The summed E-state index contributed by atoms with van der Waals surface area (Å²) in [6.07, 6.45) is 5.66. The second-order valence-corrected chi connectivity index (χ2v) is 6.28. The van der Waals surface area contributed by atoms with Crippen molar-refractivity contribution < 1.29 is 5.11 Å². The normalized spacial score (nSPS) is 36.5. The molecule has 2 nitrogen and oxygen atoms in total. The van der Waals surface area contributed by atoms with Gasteiger partial charge < -0.3 is 5.11 Å². The van der Waals surface area contributed by atoms with Gasteiger partial charge in [-0.05, 0) is 57.1 Å². The average Bonchev–Trinajstić information content (AvgIpc) is 2.86. The van der Waals surface area contributed by atoms with Crippen molar-refractivity contribution in [3.63, 3.8) is 0 Å². The third-order valence-corrected chi connectivity index (χ3v) is 5.08. The summed E-state index contributed by atoms with van der Waals surface area (Å²) in [6, 6.07) is 11.9. The number of likely N-dealkylation sites (tertiary alicyclic amines) is 1. The Morgan fingerprint density at radius 2 is 1.89 bits per heavy atom. The van der Waals surface area contributed by atoms with Gasteiger partial charge in [-0.2, -0.15) is 0 Å². The molecule has 0 radical (unpaired) electrons. The molecule has 4 unspecified atom stereocenters. The molecule has 1 heterocycles. The number of nitrogens with zero attached hydrogens (tertiary/aromatic N) is 1. The summed E-state index contributed by atoms with van der Waals surface area (Å²) in [4.78, 5) is 2.56. The summed E-state index contributed by atoms with van der Waals surface area (Å²) in [7, 11) is 0. The van der Waals surface area contributed by atoms with Crippen molar-refractivity contribution in [2.75, 3.05) is 6.54 Å². The maximum absolute atomic E-state index is 10.4. The molecule has 0 spiro atoms. The second kappa shape index (κ2) is 5.64. The molecule has 2 fully saturated rings. The zero-order valence-corrected chi connectivity index (χ0v) is 11.8. The van der Waals surface area contributed by atoms with Crippen molar-refractivity contribution in [1.29, 1.82) is 0 Å². The van der Waals surface area contributed by atoms with Gasteiger partial charge >= 0.3 is 0 Å². The van der Waals surface area contributed by atoms with E-state index in [1.54, 1.807) is 0 Å². The zero-order valence-electron chi connectivity index (χ0n) is 11.8. The molecule has 2 aliphatic rings. The fourth-order valence-electron chi connectivity index (χ4n) is 3.96. The zero-order chi connectivity index (χ0) is 13.2. The molecule has 1 N–H and O–H groups in total. The minimum absolute atomic E-state index is 0.125. The van der Waals surface area contributed by atoms with Gasteiger partial charge in [-0.3, -0.25) is 4.90 Å². The molecule has 2 heteroatoms. The molecule has 0 amide bonds. The summed E-state index contributed by atoms with van der Waals surface area (Å²) < 4.78 is 0. The lowest BCUT2D eigenvalue weighted by atomic mass is 9.79.